The second-order valence-electron chi connectivity index (χ2n) is 15.8. The minimum absolute atomic E-state index is 0.0312. The predicted molar refractivity (Wildman–Crippen MR) is 191 cm³/mol. The SMILES string of the molecule is CC[C@H]1OC(=O)C(C)C(O)[C@H](C)[C@@H](O[C@@H]2O[C@H](C)C[C@H](N(C)C)[C@H]2O)[C@@]2(C)C[C@@H](C)CN(Cc3ccccc3)[C@H](C)[C@@H](O/C=C/CO2)[C@]1(C)O. The molecule has 0 spiro atoms. The molecule has 1 aromatic rings. The largest absolute Gasteiger partial charge is 0.493 e. The lowest BCUT2D eigenvalue weighted by Gasteiger charge is -2.48. The Morgan fingerprint density at radius 1 is 1.04 bits per heavy atom. The highest BCUT2D eigenvalue weighted by atomic mass is 16.7. The number of ether oxygens (including phenoxy) is 5. The summed E-state index contributed by atoms with van der Waals surface area (Å²) in [6.45, 7) is 16.5. The molecule has 1 aromatic carbocycles. The van der Waals surface area contributed by atoms with Crippen LogP contribution < -0.4 is 0 Å². The van der Waals surface area contributed by atoms with Crippen LogP contribution in [0.25, 0.3) is 0 Å². The first-order valence-electron chi connectivity index (χ1n) is 18.5. The Bertz CT molecular complexity index is 1250. The summed E-state index contributed by atoms with van der Waals surface area (Å²) in [5.41, 5.74) is -1.49. The van der Waals surface area contributed by atoms with E-state index in [1.807, 2.05) is 71.8 Å². The first-order valence-corrected chi connectivity index (χ1v) is 18.5. The number of fused-ring (bicyclic) bond motifs is 14. The van der Waals surface area contributed by atoms with Crippen molar-refractivity contribution in [3.05, 3.63) is 48.2 Å². The average Bonchev–Trinajstić information content (AvgIpc) is 3.06. The third-order valence-corrected chi connectivity index (χ3v) is 11.3. The molecule has 2 unspecified atom stereocenters. The molecular formula is C39H64N2O9. The topological polar surface area (TPSA) is 130 Å². The Balaban J connectivity index is 1.86. The van der Waals surface area contributed by atoms with Crippen LogP contribution in [-0.4, -0.2) is 125 Å². The molecule has 0 radical (unpaired) electrons. The number of likely N-dealkylation sites (N-methyl/N-ethyl adjacent to an activating group) is 1. The summed E-state index contributed by atoms with van der Waals surface area (Å²) < 4.78 is 32.3. The summed E-state index contributed by atoms with van der Waals surface area (Å²) in [5, 5.41) is 35.7. The third kappa shape index (κ3) is 9.28. The molecule has 11 heteroatoms. The number of carbonyl (C=O) groups excluding carboxylic acids is 1. The third-order valence-electron chi connectivity index (χ3n) is 11.3. The van der Waals surface area contributed by atoms with Gasteiger partial charge in [-0.2, -0.15) is 0 Å². The van der Waals surface area contributed by atoms with Gasteiger partial charge in [0.1, 0.15) is 23.9 Å². The fourth-order valence-corrected chi connectivity index (χ4v) is 8.40. The molecule has 0 aliphatic carbocycles. The molecule has 4 heterocycles. The zero-order valence-electron chi connectivity index (χ0n) is 31.9. The second kappa shape index (κ2) is 17.2. The Kier molecular flexibility index (Phi) is 14.0. The van der Waals surface area contributed by atoms with E-state index >= 15 is 0 Å². The van der Waals surface area contributed by atoms with Crippen molar-refractivity contribution in [3.63, 3.8) is 0 Å². The molecule has 0 amide bonds. The fraction of sp³-hybridized carbons (Fsp3) is 0.769. The van der Waals surface area contributed by atoms with Gasteiger partial charge in [0.15, 0.2) is 6.29 Å². The Hall–Kier alpha value is -2.09. The van der Waals surface area contributed by atoms with E-state index in [9.17, 15) is 20.1 Å². The number of aliphatic hydroxyl groups excluding tert-OH is 2. The summed E-state index contributed by atoms with van der Waals surface area (Å²) in [4.78, 5) is 18.1. The van der Waals surface area contributed by atoms with E-state index in [2.05, 4.69) is 24.0 Å². The minimum Gasteiger partial charge on any atom is -0.493 e. The Morgan fingerprint density at radius 3 is 2.36 bits per heavy atom. The molecular weight excluding hydrogens is 640 g/mol. The number of hydrogen-bond donors (Lipinski definition) is 3. The molecule has 2 bridgehead atoms. The lowest BCUT2D eigenvalue weighted by Crippen LogP contribution is -2.60. The molecule has 50 heavy (non-hydrogen) atoms. The van der Waals surface area contributed by atoms with Crippen LogP contribution in [-0.2, 0) is 35.0 Å². The average molecular weight is 705 g/mol. The molecule has 11 nitrogen and oxygen atoms in total. The maximum Gasteiger partial charge on any atom is 0.311 e. The van der Waals surface area contributed by atoms with Gasteiger partial charge in [0, 0.05) is 31.1 Å². The normalized spacial score (nSPS) is 43.4. The highest BCUT2D eigenvalue weighted by Crippen LogP contribution is 2.39. The van der Waals surface area contributed by atoms with Crippen LogP contribution >= 0.6 is 0 Å². The molecule has 4 aliphatic rings. The van der Waals surface area contributed by atoms with Gasteiger partial charge in [-0.05, 0) is 85.5 Å². The zero-order chi connectivity index (χ0) is 37.0. The zero-order valence-corrected chi connectivity index (χ0v) is 31.9. The molecule has 284 valence electrons. The Morgan fingerprint density at radius 2 is 1.72 bits per heavy atom. The van der Waals surface area contributed by atoms with Gasteiger partial charge in [-0.25, -0.2) is 0 Å². The highest BCUT2D eigenvalue weighted by molar-refractivity contribution is 5.73. The van der Waals surface area contributed by atoms with Crippen LogP contribution in [0, 0.1) is 17.8 Å². The first kappa shape index (κ1) is 40.7. The molecule has 14 atom stereocenters. The summed E-state index contributed by atoms with van der Waals surface area (Å²) in [6.07, 6.45) is -1.06. The first-order chi connectivity index (χ1) is 23.5. The standard InChI is InChI=1S/C39H64N2O9/c1-11-31-39(8,45)35-28(6)41(23-29-16-13-12-14-17-29)22-24(2)21-38(7,47-19-15-18-46-35)34(26(4)32(42)27(5)36(44)49-31)50-37-33(43)30(40(9)10)20-25(3)48-37/h12-18,24-28,30-35,37,42-43,45H,11,19-23H2,1-10H3/b18-15+/t24-,25-,26+,27?,28-,30+,31-,32?,33-,34-,35-,37+,38-,39-/m1/s1. The second-order valence-corrected chi connectivity index (χ2v) is 15.8. The summed E-state index contributed by atoms with van der Waals surface area (Å²) in [5.74, 6) is -2.23. The van der Waals surface area contributed by atoms with Gasteiger partial charge in [0.25, 0.3) is 0 Å². The lowest BCUT2D eigenvalue weighted by atomic mass is 9.77. The monoisotopic (exact) mass is 704 g/mol. The van der Waals surface area contributed by atoms with Crippen molar-refractivity contribution in [2.45, 2.75) is 147 Å². The fourth-order valence-electron chi connectivity index (χ4n) is 8.40. The van der Waals surface area contributed by atoms with Gasteiger partial charge in [0.05, 0.1) is 42.7 Å². The maximum atomic E-state index is 13.8. The predicted octanol–water partition coefficient (Wildman–Crippen LogP) is 4.12. The van der Waals surface area contributed by atoms with Crippen molar-refractivity contribution >= 4 is 5.97 Å². The molecule has 0 saturated carbocycles. The smallest absolute Gasteiger partial charge is 0.311 e. The number of nitrogens with zero attached hydrogens (tertiary/aromatic N) is 2. The van der Waals surface area contributed by atoms with Crippen molar-refractivity contribution in [2.24, 2.45) is 17.8 Å². The van der Waals surface area contributed by atoms with E-state index in [0.717, 1.165) is 5.56 Å². The van der Waals surface area contributed by atoms with Crippen LogP contribution in [0.2, 0.25) is 0 Å². The molecule has 5 rings (SSSR count). The molecule has 2 saturated heterocycles. The summed E-state index contributed by atoms with van der Waals surface area (Å²) in [7, 11) is 3.85. The number of esters is 1. The van der Waals surface area contributed by atoms with E-state index in [4.69, 9.17) is 23.7 Å². The molecule has 3 N–H and O–H groups in total. The summed E-state index contributed by atoms with van der Waals surface area (Å²) in [6, 6.07) is 9.66. The molecule has 2 fully saturated rings. The van der Waals surface area contributed by atoms with E-state index in [0.29, 0.717) is 32.4 Å². The number of carbonyl (C=O) groups is 1. The van der Waals surface area contributed by atoms with E-state index in [1.165, 1.54) is 0 Å². The molecule has 4 aliphatic heterocycles. The highest BCUT2D eigenvalue weighted by Gasteiger charge is 2.52. The van der Waals surface area contributed by atoms with Gasteiger partial charge in [-0.15, -0.1) is 0 Å². The van der Waals surface area contributed by atoms with Crippen LogP contribution in [0.5, 0.6) is 0 Å². The van der Waals surface area contributed by atoms with E-state index in [-0.39, 0.29) is 30.7 Å². The van der Waals surface area contributed by atoms with Gasteiger partial charge in [-0.1, -0.05) is 51.1 Å². The minimum atomic E-state index is -1.60. The number of benzene rings is 1. The van der Waals surface area contributed by atoms with Gasteiger partial charge >= 0.3 is 5.97 Å². The lowest BCUT2D eigenvalue weighted by molar-refractivity contribution is -0.303. The van der Waals surface area contributed by atoms with Crippen LogP contribution in [0.15, 0.2) is 42.7 Å². The van der Waals surface area contributed by atoms with Crippen molar-refractivity contribution < 1.29 is 43.8 Å². The van der Waals surface area contributed by atoms with Crippen LogP contribution in [0.4, 0.5) is 0 Å². The van der Waals surface area contributed by atoms with Crippen molar-refractivity contribution in [1.29, 1.82) is 0 Å². The van der Waals surface area contributed by atoms with Crippen LogP contribution in [0.3, 0.4) is 0 Å². The Labute approximate surface area is 299 Å². The number of rotatable bonds is 6. The molecule has 0 aromatic heterocycles. The van der Waals surface area contributed by atoms with Crippen LogP contribution in [0.1, 0.15) is 80.2 Å². The maximum absolute atomic E-state index is 13.8. The van der Waals surface area contributed by atoms with E-state index in [1.54, 1.807) is 26.2 Å². The van der Waals surface area contributed by atoms with Gasteiger partial charge in [0.2, 0.25) is 0 Å². The van der Waals surface area contributed by atoms with Gasteiger partial charge < -0.3 is 43.9 Å². The number of aliphatic hydroxyl groups is 3. The van der Waals surface area contributed by atoms with E-state index < -0.39 is 65.8 Å². The van der Waals surface area contributed by atoms with Crippen molar-refractivity contribution in [2.75, 3.05) is 27.2 Å². The number of hydrogen-bond acceptors (Lipinski definition) is 11. The van der Waals surface area contributed by atoms with Gasteiger partial charge in [-0.3, -0.25) is 9.69 Å². The quantitative estimate of drug-likeness (QED) is 0.370. The summed E-state index contributed by atoms with van der Waals surface area (Å²) >= 11 is 0. The van der Waals surface area contributed by atoms with Crippen molar-refractivity contribution in [1.82, 2.24) is 9.80 Å². The van der Waals surface area contributed by atoms with Crippen molar-refractivity contribution in [3.8, 4) is 0 Å².